The molecule has 1 amide bonds. The van der Waals surface area contributed by atoms with E-state index in [1.165, 1.54) is 5.69 Å². The Bertz CT molecular complexity index is 587. The molecule has 8 heteroatoms. The van der Waals surface area contributed by atoms with Crippen molar-refractivity contribution >= 4 is 29.3 Å². The Hall–Kier alpha value is -1.96. The summed E-state index contributed by atoms with van der Waals surface area (Å²) in [5.41, 5.74) is 1.25. The van der Waals surface area contributed by atoms with Crippen LogP contribution in [-0.2, 0) is 4.79 Å². The third kappa shape index (κ3) is 7.66. The minimum absolute atomic E-state index is 0.00613. The molecule has 7 nitrogen and oxygen atoms in total. The van der Waals surface area contributed by atoms with Gasteiger partial charge >= 0.3 is 0 Å². The van der Waals surface area contributed by atoms with Gasteiger partial charge in [0.25, 0.3) is 0 Å². The first-order chi connectivity index (χ1) is 13.1. The smallest absolute Gasteiger partial charge is 0.243 e. The number of nitrogens with one attached hydrogen (secondary N) is 2. The molecule has 1 aliphatic heterocycles. The number of hydrogen-bond donors (Lipinski definition) is 2. The van der Waals surface area contributed by atoms with E-state index in [1.807, 2.05) is 12.4 Å². The third-order valence-corrected chi connectivity index (χ3v) is 5.28. The second kappa shape index (κ2) is 11.7. The molecule has 0 atom stereocenters. The molecule has 0 unspecified atom stereocenters. The van der Waals surface area contributed by atoms with Crippen LogP contribution in [0.5, 0.6) is 0 Å². The van der Waals surface area contributed by atoms with Crippen LogP contribution in [0.1, 0.15) is 12.8 Å². The lowest BCUT2D eigenvalue weighted by Gasteiger charge is -2.33. The molecule has 1 fully saturated rings. The van der Waals surface area contributed by atoms with E-state index in [-0.39, 0.29) is 12.5 Å². The number of guanidine groups is 1. The van der Waals surface area contributed by atoms with Crippen molar-refractivity contribution in [3.8, 4) is 0 Å². The van der Waals surface area contributed by atoms with Crippen LogP contribution in [-0.4, -0.2) is 80.6 Å². The first kappa shape index (κ1) is 21.3. The molecule has 0 spiro atoms. The maximum atomic E-state index is 11.8. The van der Waals surface area contributed by atoms with Crippen molar-refractivity contribution in [2.45, 2.75) is 12.8 Å². The van der Waals surface area contributed by atoms with E-state index in [2.05, 4.69) is 43.9 Å². The van der Waals surface area contributed by atoms with Gasteiger partial charge in [-0.15, -0.1) is 0 Å². The van der Waals surface area contributed by atoms with Crippen molar-refractivity contribution in [2.75, 3.05) is 63.7 Å². The molecule has 2 N–H and O–H groups in total. The van der Waals surface area contributed by atoms with Crippen molar-refractivity contribution in [3.63, 3.8) is 0 Å². The fourth-order valence-electron chi connectivity index (χ4n) is 2.93. The Morgan fingerprint density at radius 3 is 2.63 bits per heavy atom. The van der Waals surface area contributed by atoms with Gasteiger partial charge in [0.2, 0.25) is 5.91 Å². The molecule has 2 heterocycles. The summed E-state index contributed by atoms with van der Waals surface area (Å²) < 4.78 is 0. The molecule has 150 valence electrons. The van der Waals surface area contributed by atoms with Crippen molar-refractivity contribution in [3.05, 3.63) is 24.5 Å². The van der Waals surface area contributed by atoms with Gasteiger partial charge in [-0.05, 0) is 37.1 Å². The van der Waals surface area contributed by atoms with Crippen LogP contribution in [0.15, 0.2) is 29.5 Å². The van der Waals surface area contributed by atoms with Crippen LogP contribution in [0.25, 0.3) is 0 Å². The molecule has 0 aromatic carbocycles. The fraction of sp³-hybridized carbons (Fsp3) is 0.632. The monoisotopic (exact) mass is 392 g/mol. The Morgan fingerprint density at radius 1 is 1.30 bits per heavy atom. The predicted octanol–water partition coefficient (Wildman–Crippen LogP) is 1.28. The number of aromatic nitrogens is 1. The van der Waals surface area contributed by atoms with Gasteiger partial charge in [-0.3, -0.25) is 9.78 Å². The van der Waals surface area contributed by atoms with Crippen molar-refractivity contribution in [2.24, 2.45) is 10.9 Å². The number of hydrogen-bond acceptors (Lipinski definition) is 5. The van der Waals surface area contributed by atoms with Gasteiger partial charge in [0, 0.05) is 64.1 Å². The van der Waals surface area contributed by atoms with E-state index in [1.54, 1.807) is 30.8 Å². The fourth-order valence-corrected chi connectivity index (χ4v) is 3.23. The number of pyridine rings is 1. The molecule has 1 aliphatic rings. The number of amides is 1. The molecule has 0 bridgehead atoms. The molecule has 0 aliphatic carbocycles. The van der Waals surface area contributed by atoms with E-state index in [4.69, 9.17) is 0 Å². The quantitative estimate of drug-likeness (QED) is 0.395. The molecule has 0 saturated carbocycles. The second-order valence-corrected chi connectivity index (χ2v) is 7.87. The van der Waals surface area contributed by atoms with E-state index in [0.717, 1.165) is 50.7 Å². The van der Waals surface area contributed by atoms with Gasteiger partial charge in [0.15, 0.2) is 5.96 Å². The molecule has 1 aromatic heterocycles. The summed E-state index contributed by atoms with van der Waals surface area (Å²) in [5, 5.41) is 6.75. The summed E-state index contributed by atoms with van der Waals surface area (Å²) in [5.74, 6) is 2.36. The number of aliphatic imine (C=N–C) groups is 1. The zero-order chi connectivity index (χ0) is 19.5. The van der Waals surface area contributed by atoms with Gasteiger partial charge in [0.05, 0.1) is 0 Å². The summed E-state index contributed by atoms with van der Waals surface area (Å²) in [6.07, 6.45) is 8.06. The predicted molar refractivity (Wildman–Crippen MR) is 115 cm³/mol. The van der Waals surface area contributed by atoms with E-state index < -0.39 is 0 Å². The van der Waals surface area contributed by atoms with E-state index >= 15 is 0 Å². The minimum atomic E-state index is 0.00613. The van der Waals surface area contributed by atoms with Crippen LogP contribution >= 0.6 is 11.8 Å². The average molecular weight is 393 g/mol. The maximum Gasteiger partial charge on any atom is 0.243 e. The van der Waals surface area contributed by atoms with E-state index in [0.29, 0.717) is 5.92 Å². The normalized spacial score (nSPS) is 15.5. The van der Waals surface area contributed by atoms with E-state index in [9.17, 15) is 4.79 Å². The molecule has 0 radical (unpaired) electrons. The number of rotatable bonds is 8. The Balaban J connectivity index is 1.80. The lowest BCUT2D eigenvalue weighted by molar-refractivity contribution is -0.127. The van der Waals surface area contributed by atoms with Crippen LogP contribution in [0, 0.1) is 5.92 Å². The number of likely N-dealkylation sites (N-methyl/N-ethyl adjacent to an activating group) is 1. The summed E-state index contributed by atoms with van der Waals surface area (Å²) in [6.45, 7) is 4.00. The molecule has 1 saturated heterocycles. The number of carbonyl (C=O) groups is 1. The molecule has 2 rings (SSSR count). The molecule has 27 heavy (non-hydrogen) atoms. The Morgan fingerprint density at radius 2 is 2.00 bits per heavy atom. The van der Waals surface area contributed by atoms with Crippen molar-refractivity contribution < 1.29 is 4.79 Å². The van der Waals surface area contributed by atoms with Gasteiger partial charge in [-0.25, -0.2) is 4.99 Å². The summed E-state index contributed by atoms with van der Waals surface area (Å²) >= 11 is 1.79. The highest BCUT2D eigenvalue weighted by Crippen LogP contribution is 2.22. The van der Waals surface area contributed by atoms with Gasteiger partial charge < -0.3 is 20.4 Å². The highest BCUT2D eigenvalue weighted by Gasteiger charge is 2.19. The van der Waals surface area contributed by atoms with Crippen molar-refractivity contribution in [1.82, 2.24) is 20.5 Å². The molecule has 1 aromatic rings. The Labute approximate surface area is 167 Å². The van der Waals surface area contributed by atoms with Gasteiger partial charge in [-0.1, -0.05) is 0 Å². The van der Waals surface area contributed by atoms with Crippen LogP contribution in [0.2, 0.25) is 0 Å². The Kier molecular flexibility index (Phi) is 9.24. The third-order valence-electron chi connectivity index (χ3n) is 4.67. The molecular formula is C19H32N6OS. The second-order valence-electron chi connectivity index (χ2n) is 6.89. The number of thioether (sulfide) groups is 1. The summed E-state index contributed by atoms with van der Waals surface area (Å²) in [7, 11) is 3.51. The topological polar surface area (TPSA) is 72.9 Å². The highest BCUT2D eigenvalue weighted by molar-refractivity contribution is 7.98. The van der Waals surface area contributed by atoms with Gasteiger partial charge in [0.1, 0.15) is 6.54 Å². The number of carbonyl (C=O) groups excluding carboxylic acids is 1. The van der Waals surface area contributed by atoms with Crippen LogP contribution < -0.4 is 15.5 Å². The van der Waals surface area contributed by atoms with Crippen LogP contribution in [0.4, 0.5) is 5.69 Å². The molecular weight excluding hydrogens is 360 g/mol. The van der Waals surface area contributed by atoms with Crippen molar-refractivity contribution in [1.29, 1.82) is 0 Å². The average Bonchev–Trinajstić information content (AvgIpc) is 2.70. The first-order valence-electron chi connectivity index (χ1n) is 9.46. The number of anilines is 1. The highest BCUT2D eigenvalue weighted by atomic mass is 32.2. The number of nitrogens with zero attached hydrogens (tertiary/aromatic N) is 4. The first-order valence-corrected chi connectivity index (χ1v) is 10.9. The zero-order valence-electron chi connectivity index (χ0n) is 16.6. The largest absolute Gasteiger partial charge is 0.371 e. The summed E-state index contributed by atoms with van der Waals surface area (Å²) in [4.78, 5) is 24.3. The summed E-state index contributed by atoms with van der Waals surface area (Å²) in [6, 6.07) is 4.14. The van der Waals surface area contributed by atoms with Crippen LogP contribution in [0.3, 0.4) is 0 Å². The lowest BCUT2D eigenvalue weighted by atomic mass is 9.96. The SMILES string of the molecule is CSCCNC(=NCC(=O)N(C)C)NCC1CCN(c2ccncc2)CC1. The maximum absolute atomic E-state index is 11.8. The zero-order valence-corrected chi connectivity index (χ0v) is 17.5. The lowest BCUT2D eigenvalue weighted by Crippen LogP contribution is -2.44. The number of piperidine rings is 1. The minimum Gasteiger partial charge on any atom is -0.371 e. The standard InChI is InChI=1S/C19H32N6OS/c1-24(2)18(26)15-23-19(21-10-13-27-3)22-14-16-6-11-25(12-7-16)17-4-8-20-9-5-17/h4-5,8-9,16H,6-7,10-15H2,1-3H3,(H2,21,22,23). The van der Waals surface area contributed by atoms with Gasteiger partial charge in [-0.2, -0.15) is 11.8 Å².